The lowest BCUT2D eigenvalue weighted by Gasteiger charge is -2.27. The molecule has 4 aromatic rings. The van der Waals surface area contributed by atoms with Gasteiger partial charge >= 0.3 is 12.2 Å². The number of likely N-dealkylation sites (tertiary alicyclic amines) is 1. The number of hydrogen-bond donors (Lipinski definition) is 2. The highest BCUT2D eigenvalue weighted by Crippen LogP contribution is 2.38. The van der Waals surface area contributed by atoms with Gasteiger partial charge in [-0.05, 0) is 54.4 Å². The van der Waals surface area contributed by atoms with E-state index in [1.165, 1.54) is 14.2 Å². The van der Waals surface area contributed by atoms with E-state index in [4.69, 9.17) is 14.5 Å². The fourth-order valence-corrected chi connectivity index (χ4v) is 8.24. The van der Waals surface area contributed by atoms with E-state index in [1.54, 1.807) is 27.6 Å². The Morgan fingerprint density at radius 1 is 0.808 bits per heavy atom. The molecule has 5 rings (SSSR count). The van der Waals surface area contributed by atoms with Crippen LogP contribution in [0.1, 0.15) is 68.9 Å². The maximum Gasteiger partial charge on any atom is 0.407 e. The van der Waals surface area contributed by atoms with Crippen molar-refractivity contribution in [2.75, 3.05) is 27.3 Å². The van der Waals surface area contributed by atoms with Crippen molar-refractivity contribution in [3.63, 3.8) is 0 Å². The average molecular weight is 747 g/mol. The first kappa shape index (κ1) is 38.4. The van der Waals surface area contributed by atoms with Gasteiger partial charge in [0.05, 0.1) is 36.6 Å². The SMILES string of the molecule is CCCN(Cc1ncc(-c2ccc(-c3ccc(-c4cnc(C5CCCN5C(=O)C(CC)NC(=O)OC)s4)cc3)cc2)s1)C(=O)C(CC)NC(=O)OC. The molecule has 0 spiro atoms. The molecule has 2 N–H and O–H groups in total. The van der Waals surface area contributed by atoms with Gasteiger partial charge in [0.1, 0.15) is 22.1 Å². The second-order valence-corrected chi connectivity index (χ2v) is 14.7. The Balaban J connectivity index is 1.22. The molecule has 3 heterocycles. The number of benzene rings is 2. The summed E-state index contributed by atoms with van der Waals surface area (Å²) in [7, 11) is 2.57. The zero-order valence-electron chi connectivity index (χ0n) is 30.2. The summed E-state index contributed by atoms with van der Waals surface area (Å²) in [6, 6.07) is 15.3. The molecular weight excluding hydrogens is 701 g/mol. The highest BCUT2D eigenvalue weighted by molar-refractivity contribution is 7.15. The van der Waals surface area contributed by atoms with Gasteiger partial charge in [-0.2, -0.15) is 0 Å². The van der Waals surface area contributed by atoms with E-state index < -0.39 is 24.3 Å². The number of nitrogens with one attached hydrogen (secondary N) is 2. The molecule has 3 atom stereocenters. The molecule has 1 aliphatic rings. The number of alkyl carbamates (subject to hydrolysis) is 2. The average Bonchev–Trinajstić information content (AvgIpc) is 3.97. The molecule has 2 aromatic heterocycles. The zero-order chi connectivity index (χ0) is 37.2. The summed E-state index contributed by atoms with van der Waals surface area (Å²) in [5.41, 5.74) is 4.26. The number of rotatable bonds is 14. The molecule has 1 fully saturated rings. The van der Waals surface area contributed by atoms with Crippen molar-refractivity contribution in [1.29, 1.82) is 0 Å². The van der Waals surface area contributed by atoms with Crippen molar-refractivity contribution in [1.82, 2.24) is 30.4 Å². The number of methoxy groups -OCH3 is 2. The summed E-state index contributed by atoms with van der Waals surface area (Å²) in [4.78, 5) is 65.0. The van der Waals surface area contributed by atoms with Crippen LogP contribution in [0.5, 0.6) is 0 Å². The lowest BCUT2D eigenvalue weighted by Crippen LogP contribution is -2.48. The van der Waals surface area contributed by atoms with E-state index in [0.717, 1.165) is 61.3 Å². The summed E-state index contributed by atoms with van der Waals surface area (Å²) in [5, 5.41) is 7.00. The van der Waals surface area contributed by atoms with Crippen LogP contribution < -0.4 is 10.6 Å². The van der Waals surface area contributed by atoms with Crippen LogP contribution in [-0.4, -0.2) is 83.2 Å². The van der Waals surface area contributed by atoms with Gasteiger partial charge in [0.25, 0.3) is 0 Å². The number of carbonyl (C=O) groups is 4. The van der Waals surface area contributed by atoms with Crippen molar-refractivity contribution in [2.45, 2.75) is 77.5 Å². The van der Waals surface area contributed by atoms with E-state index in [9.17, 15) is 19.2 Å². The van der Waals surface area contributed by atoms with E-state index >= 15 is 0 Å². The highest BCUT2D eigenvalue weighted by atomic mass is 32.1. The van der Waals surface area contributed by atoms with Crippen LogP contribution in [0.25, 0.3) is 32.0 Å². The van der Waals surface area contributed by atoms with E-state index in [2.05, 4.69) is 64.1 Å². The molecule has 1 saturated heterocycles. The molecule has 0 aliphatic carbocycles. The number of ether oxygens (including phenoxy) is 2. The smallest absolute Gasteiger partial charge is 0.407 e. The molecule has 0 saturated carbocycles. The van der Waals surface area contributed by atoms with Crippen LogP contribution in [0.15, 0.2) is 60.9 Å². The molecule has 2 aromatic carbocycles. The lowest BCUT2D eigenvalue weighted by atomic mass is 10.0. The summed E-state index contributed by atoms with van der Waals surface area (Å²) >= 11 is 3.14. The Hall–Kier alpha value is -4.82. The minimum absolute atomic E-state index is 0.111. The van der Waals surface area contributed by atoms with Gasteiger partial charge in [0.15, 0.2) is 0 Å². The van der Waals surface area contributed by atoms with Crippen molar-refractivity contribution >= 4 is 46.7 Å². The minimum Gasteiger partial charge on any atom is -0.453 e. The predicted molar refractivity (Wildman–Crippen MR) is 203 cm³/mol. The van der Waals surface area contributed by atoms with Crippen LogP contribution in [0.2, 0.25) is 0 Å². The fourth-order valence-electron chi connectivity index (χ4n) is 6.23. The number of carbonyl (C=O) groups excluding carboxylic acids is 4. The lowest BCUT2D eigenvalue weighted by molar-refractivity contribution is -0.135. The van der Waals surface area contributed by atoms with Gasteiger partial charge in [-0.25, -0.2) is 19.6 Å². The third-order valence-electron chi connectivity index (χ3n) is 9.07. The number of hydrogen-bond acceptors (Lipinski definition) is 10. The first-order valence-corrected chi connectivity index (χ1v) is 19.2. The molecular formula is C38H46N6O6S2. The van der Waals surface area contributed by atoms with Crippen molar-refractivity contribution in [2.24, 2.45) is 0 Å². The third-order valence-corrected chi connectivity index (χ3v) is 11.2. The van der Waals surface area contributed by atoms with Crippen LogP contribution in [0.4, 0.5) is 9.59 Å². The van der Waals surface area contributed by atoms with Crippen LogP contribution in [-0.2, 0) is 25.6 Å². The largest absolute Gasteiger partial charge is 0.453 e. The Labute approximate surface area is 312 Å². The molecule has 52 heavy (non-hydrogen) atoms. The molecule has 0 bridgehead atoms. The Kier molecular flexibility index (Phi) is 13.4. The maximum atomic E-state index is 13.3. The van der Waals surface area contributed by atoms with Gasteiger partial charge in [-0.1, -0.05) is 69.3 Å². The van der Waals surface area contributed by atoms with Crippen LogP contribution in [0.3, 0.4) is 0 Å². The molecule has 4 amide bonds. The van der Waals surface area contributed by atoms with E-state index in [1.807, 2.05) is 38.1 Å². The monoisotopic (exact) mass is 746 g/mol. The Morgan fingerprint density at radius 3 is 1.90 bits per heavy atom. The minimum atomic E-state index is -0.655. The summed E-state index contributed by atoms with van der Waals surface area (Å²) < 4.78 is 9.40. The second-order valence-electron chi connectivity index (χ2n) is 12.5. The van der Waals surface area contributed by atoms with Crippen LogP contribution >= 0.6 is 22.7 Å². The van der Waals surface area contributed by atoms with Gasteiger partial charge in [-0.15, -0.1) is 22.7 Å². The molecule has 0 radical (unpaired) electrons. The first-order valence-electron chi connectivity index (χ1n) is 17.6. The van der Waals surface area contributed by atoms with E-state index in [0.29, 0.717) is 32.5 Å². The third kappa shape index (κ3) is 9.15. The summed E-state index contributed by atoms with van der Waals surface area (Å²) in [5.74, 6) is -0.262. The summed E-state index contributed by atoms with van der Waals surface area (Å²) in [6.45, 7) is 7.29. The standard InChI is InChI=1S/C38H46N6O6S2/c1-6-19-43(35(45)28(7-2)41-37(47)49-4)23-33-39-21-31(51-33)26-15-11-24(12-16-26)25-13-17-27(18-14-25)32-22-40-34(52-32)30-10-9-20-44(30)36(46)29(8-3)42-38(48)50-5/h11-18,21-22,28-30H,6-10,19-20,23H2,1-5H3,(H,41,47)(H,42,48). The van der Waals surface area contributed by atoms with Crippen molar-refractivity contribution in [3.05, 3.63) is 70.9 Å². The normalized spacial score (nSPS) is 15.1. The molecule has 1 aliphatic heterocycles. The van der Waals surface area contributed by atoms with Crippen molar-refractivity contribution < 1.29 is 28.7 Å². The van der Waals surface area contributed by atoms with Crippen molar-refractivity contribution in [3.8, 4) is 32.0 Å². The highest BCUT2D eigenvalue weighted by Gasteiger charge is 2.36. The Bertz CT molecular complexity index is 1830. The maximum absolute atomic E-state index is 13.3. The van der Waals surface area contributed by atoms with Gasteiger partial charge in [0.2, 0.25) is 11.8 Å². The van der Waals surface area contributed by atoms with Gasteiger partial charge < -0.3 is 29.9 Å². The van der Waals surface area contributed by atoms with E-state index in [-0.39, 0.29) is 17.9 Å². The second kappa shape index (κ2) is 18.1. The quantitative estimate of drug-likeness (QED) is 0.137. The van der Waals surface area contributed by atoms with Gasteiger partial charge in [0, 0.05) is 25.5 Å². The first-order chi connectivity index (χ1) is 25.2. The predicted octanol–water partition coefficient (Wildman–Crippen LogP) is 7.27. The topological polar surface area (TPSA) is 143 Å². The number of thiazole rings is 2. The summed E-state index contributed by atoms with van der Waals surface area (Å²) in [6.07, 6.45) is 5.91. The number of amides is 4. The Morgan fingerprint density at radius 2 is 1.35 bits per heavy atom. The molecule has 276 valence electrons. The number of nitrogens with zero attached hydrogens (tertiary/aromatic N) is 4. The fraction of sp³-hybridized carbons (Fsp3) is 0.421. The number of aromatic nitrogens is 2. The van der Waals surface area contributed by atoms with Crippen LogP contribution in [0, 0.1) is 0 Å². The zero-order valence-corrected chi connectivity index (χ0v) is 31.9. The molecule has 3 unspecified atom stereocenters. The molecule has 14 heteroatoms. The van der Waals surface area contributed by atoms with Gasteiger partial charge in [-0.3, -0.25) is 9.59 Å². The molecule has 12 nitrogen and oxygen atoms in total.